The Morgan fingerprint density at radius 3 is 2.00 bits per heavy atom. The molecule has 0 aromatic heterocycles. The molecule has 0 bridgehead atoms. The van der Waals surface area contributed by atoms with Crippen molar-refractivity contribution in [1.82, 2.24) is 0 Å². The fraction of sp³-hybridized carbons (Fsp3) is 0.833. The molecule has 0 heterocycles. The SMILES string of the molecule is O=C(COP(=O)(O)OP(=O)(O)O)C(O)C(O)C(O)CO.[H-].[H-].[Mg+2]. The van der Waals surface area contributed by atoms with E-state index in [0.717, 1.165) is 0 Å². The van der Waals surface area contributed by atoms with E-state index in [-0.39, 0.29) is 25.9 Å². The van der Waals surface area contributed by atoms with Gasteiger partial charge < -0.3 is 38.0 Å². The fourth-order valence-electron chi connectivity index (χ4n) is 0.897. The van der Waals surface area contributed by atoms with Crippen LogP contribution in [0.3, 0.4) is 0 Å². The first-order valence-electron chi connectivity index (χ1n) is 4.81. The van der Waals surface area contributed by atoms with Crippen LogP contribution in [-0.2, 0) is 22.8 Å². The van der Waals surface area contributed by atoms with Gasteiger partial charge in [0.05, 0.1) is 6.61 Å². The van der Waals surface area contributed by atoms with Gasteiger partial charge in [-0.25, -0.2) is 9.13 Å². The van der Waals surface area contributed by atoms with Crippen molar-refractivity contribution in [2.24, 2.45) is 0 Å². The summed E-state index contributed by atoms with van der Waals surface area (Å²) in [6.45, 7) is -2.31. The maximum atomic E-state index is 11.2. The average molecular weight is 366 g/mol. The molecular weight excluding hydrogens is 350 g/mol. The summed E-state index contributed by atoms with van der Waals surface area (Å²) in [4.78, 5) is 36.5. The van der Waals surface area contributed by atoms with E-state index in [4.69, 9.17) is 30.0 Å². The number of hydrogen-bond donors (Lipinski definition) is 7. The normalized spacial score (nSPS) is 19.0. The molecule has 15 heteroatoms. The Balaban J connectivity index is -0.000000602. The topological polar surface area (TPSA) is 211 Å². The number of Topliss-reactive ketones (excluding diaryl/α,β-unsaturated/α-hetero) is 1. The van der Waals surface area contributed by atoms with Crippen molar-refractivity contribution in [2.75, 3.05) is 13.2 Å². The second-order valence-corrected chi connectivity index (χ2v) is 6.30. The van der Waals surface area contributed by atoms with Gasteiger partial charge in [0.15, 0.2) is 5.78 Å². The minimum Gasteiger partial charge on any atom is -1.00 e. The molecule has 0 radical (unpaired) electrons. The van der Waals surface area contributed by atoms with Gasteiger partial charge in [-0.05, 0) is 0 Å². The molecule has 0 aliphatic heterocycles. The van der Waals surface area contributed by atoms with Gasteiger partial charge in [0, 0.05) is 0 Å². The number of hydrogen-bond acceptors (Lipinski definition) is 9. The molecule has 0 aliphatic carbocycles. The first-order chi connectivity index (χ1) is 8.89. The van der Waals surface area contributed by atoms with Crippen LogP contribution in [0.1, 0.15) is 2.85 Å². The van der Waals surface area contributed by atoms with Crippen molar-refractivity contribution in [3.05, 3.63) is 0 Å². The first kappa shape index (κ1) is 23.8. The van der Waals surface area contributed by atoms with Crippen molar-refractivity contribution in [2.45, 2.75) is 18.3 Å². The van der Waals surface area contributed by atoms with Crippen molar-refractivity contribution < 1.29 is 60.7 Å². The van der Waals surface area contributed by atoms with Gasteiger partial charge in [-0.15, -0.1) is 0 Å². The smallest absolute Gasteiger partial charge is 1.00 e. The third kappa shape index (κ3) is 10.0. The molecule has 124 valence electrons. The van der Waals surface area contributed by atoms with E-state index in [2.05, 4.69) is 8.83 Å². The number of phosphoric acid groups is 2. The molecular formula is C6H16MgO12P2. The predicted molar refractivity (Wildman–Crippen MR) is 67.0 cm³/mol. The number of aliphatic hydroxyl groups excluding tert-OH is 4. The Bertz CT molecular complexity index is 432. The zero-order chi connectivity index (χ0) is 16.1. The van der Waals surface area contributed by atoms with Crippen LogP contribution in [-0.4, -0.2) is 95.5 Å². The Hall–Kier alpha value is 0.536. The summed E-state index contributed by atoms with van der Waals surface area (Å²) in [5.41, 5.74) is 0. The van der Waals surface area contributed by atoms with Gasteiger partial charge in [0.2, 0.25) is 0 Å². The molecule has 0 rings (SSSR count). The summed E-state index contributed by atoms with van der Waals surface area (Å²) in [7, 11) is -10.6. The van der Waals surface area contributed by atoms with Crippen LogP contribution in [0.2, 0.25) is 0 Å². The Labute approximate surface area is 137 Å². The molecule has 7 N–H and O–H groups in total. The zero-order valence-electron chi connectivity index (χ0n) is 12.4. The quantitative estimate of drug-likeness (QED) is 0.158. The van der Waals surface area contributed by atoms with Crippen molar-refractivity contribution in [1.29, 1.82) is 0 Å². The van der Waals surface area contributed by atoms with E-state index < -0.39 is 53.0 Å². The summed E-state index contributed by atoms with van der Waals surface area (Å²) in [6.07, 6.45) is -6.19. The van der Waals surface area contributed by atoms with Gasteiger partial charge in [0.25, 0.3) is 0 Å². The minimum atomic E-state index is -5.34. The number of aliphatic hydroxyl groups is 4. The van der Waals surface area contributed by atoms with E-state index >= 15 is 0 Å². The Morgan fingerprint density at radius 2 is 1.62 bits per heavy atom. The van der Waals surface area contributed by atoms with Crippen molar-refractivity contribution in [3.63, 3.8) is 0 Å². The van der Waals surface area contributed by atoms with Crippen molar-refractivity contribution in [3.8, 4) is 0 Å². The molecule has 0 aromatic carbocycles. The molecule has 4 unspecified atom stereocenters. The van der Waals surface area contributed by atoms with Gasteiger partial charge in [0.1, 0.15) is 24.9 Å². The van der Waals surface area contributed by atoms with Crippen LogP contribution < -0.4 is 0 Å². The molecule has 0 aliphatic rings. The molecule has 0 amide bonds. The van der Waals surface area contributed by atoms with Crippen LogP contribution in [0.25, 0.3) is 0 Å². The first-order valence-corrected chi connectivity index (χ1v) is 7.84. The van der Waals surface area contributed by atoms with Crippen LogP contribution in [0.15, 0.2) is 0 Å². The molecule has 12 nitrogen and oxygen atoms in total. The molecule has 0 saturated heterocycles. The van der Waals surface area contributed by atoms with E-state index in [9.17, 15) is 19.0 Å². The van der Waals surface area contributed by atoms with Crippen LogP contribution in [0.4, 0.5) is 0 Å². The molecule has 0 aromatic rings. The largest absolute Gasteiger partial charge is 2.00 e. The third-order valence-electron chi connectivity index (χ3n) is 1.81. The summed E-state index contributed by atoms with van der Waals surface area (Å²) in [5, 5.41) is 35.8. The molecule has 0 fully saturated rings. The Morgan fingerprint density at radius 1 is 1.14 bits per heavy atom. The van der Waals surface area contributed by atoms with Crippen LogP contribution in [0.5, 0.6) is 0 Å². The monoisotopic (exact) mass is 366 g/mol. The van der Waals surface area contributed by atoms with E-state index in [0.29, 0.717) is 0 Å². The van der Waals surface area contributed by atoms with E-state index in [1.165, 1.54) is 0 Å². The van der Waals surface area contributed by atoms with E-state index in [1.807, 2.05) is 0 Å². The summed E-state index contributed by atoms with van der Waals surface area (Å²) < 4.78 is 28.5. The van der Waals surface area contributed by atoms with Crippen LogP contribution in [0, 0.1) is 0 Å². The summed E-state index contributed by atoms with van der Waals surface area (Å²) >= 11 is 0. The number of ketones is 1. The number of phosphoric ester groups is 1. The average Bonchev–Trinajstić information content (AvgIpc) is 2.30. The zero-order valence-corrected chi connectivity index (χ0v) is 13.6. The molecule has 0 spiro atoms. The van der Waals surface area contributed by atoms with Crippen molar-refractivity contribution >= 4 is 44.5 Å². The van der Waals surface area contributed by atoms with Gasteiger partial charge in [-0.2, -0.15) is 4.31 Å². The predicted octanol–water partition coefficient (Wildman–Crippen LogP) is -3.30. The van der Waals surface area contributed by atoms with E-state index in [1.54, 1.807) is 0 Å². The third-order valence-corrected chi connectivity index (χ3v) is 3.95. The fourth-order valence-corrected chi connectivity index (χ4v) is 2.45. The van der Waals surface area contributed by atoms with Gasteiger partial charge in [-0.3, -0.25) is 9.32 Å². The molecule has 21 heavy (non-hydrogen) atoms. The Kier molecular flexibility index (Phi) is 10.9. The van der Waals surface area contributed by atoms with Crippen LogP contribution >= 0.6 is 15.6 Å². The maximum Gasteiger partial charge on any atom is 2.00 e. The molecule has 0 saturated carbocycles. The minimum absolute atomic E-state index is 0. The number of carbonyl (C=O) groups excluding carboxylic acids is 1. The molecule has 4 atom stereocenters. The number of carbonyl (C=O) groups is 1. The second kappa shape index (κ2) is 9.63. The standard InChI is InChI=1S/C6H14O12P2.Mg.2H/c7-1-3(8)5(10)6(11)4(9)2-17-20(15,16)18-19(12,13)14;;;/h3,5-8,10-11H,1-2H2,(H,15,16)(H2,12,13,14);;;/q;+2;2*-1. The number of rotatable bonds is 9. The summed E-state index contributed by atoms with van der Waals surface area (Å²) in [5.74, 6) is -1.39. The maximum absolute atomic E-state index is 11.2. The summed E-state index contributed by atoms with van der Waals surface area (Å²) in [6, 6.07) is 0. The van der Waals surface area contributed by atoms with Gasteiger partial charge >= 0.3 is 38.7 Å². The van der Waals surface area contributed by atoms with Gasteiger partial charge in [-0.1, -0.05) is 0 Å². The second-order valence-electron chi connectivity index (χ2n) is 3.47.